The molecule has 2 rings (SSSR count). The largest absolute Gasteiger partial charge is 0.315 e. The predicted molar refractivity (Wildman–Crippen MR) is 85.9 cm³/mol. The van der Waals surface area contributed by atoms with Crippen molar-refractivity contribution >= 4 is 28.1 Å². The number of likely N-dealkylation sites (N-methyl/N-ethyl adjacent to an activating group) is 1. The molecule has 22 heavy (non-hydrogen) atoms. The first kappa shape index (κ1) is 18.8. The fourth-order valence-electron chi connectivity index (χ4n) is 2.49. The van der Waals surface area contributed by atoms with Crippen molar-refractivity contribution < 1.29 is 13.3 Å². The van der Waals surface area contributed by atoms with Crippen LogP contribution in [0, 0.1) is 10.1 Å². The highest BCUT2D eigenvalue weighted by atomic mass is 35.5. The highest BCUT2D eigenvalue weighted by Crippen LogP contribution is 2.27. The first-order valence-electron chi connectivity index (χ1n) is 6.84. The molecule has 0 spiro atoms. The van der Waals surface area contributed by atoms with Crippen LogP contribution in [0.5, 0.6) is 0 Å². The van der Waals surface area contributed by atoms with Crippen molar-refractivity contribution in [1.29, 1.82) is 0 Å². The molecule has 0 saturated carbocycles. The zero-order chi connectivity index (χ0) is 15.6. The van der Waals surface area contributed by atoms with Gasteiger partial charge in [0, 0.05) is 31.8 Å². The number of benzene rings is 1. The average Bonchev–Trinajstić information content (AvgIpc) is 2.99. The van der Waals surface area contributed by atoms with Crippen LogP contribution in [0.25, 0.3) is 0 Å². The SMILES string of the molecule is CCc1ccc([N+](=O)[O-])cc1S(=O)(=O)N(C)C1CCNC1.Cl. The van der Waals surface area contributed by atoms with E-state index in [2.05, 4.69) is 5.32 Å². The molecular weight excluding hydrogens is 330 g/mol. The monoisotopic (exact) mass is 349 g/mol. The zero-order valence-electron chi connectivity index (χ0n) is 12.5. The molecule has 0 aliphatic carbocycles. The van der Waals surface area contributed by atoms with Gasteiger partial charge in [-0.05, 0) is 24.9 Å². The lowest BCUT2D eigenvalue weighted by Gasteiger charge is -2.24. The predicted octanol–water partition coefficient (Wildman–Crippen LogP) is 1.56. The number of hydrogen-bond acceptors (Lipinski definition) is 5. The molecule has 1 aliphatic heterocycles. The van der Waals surface area contributed by atoms with Gasteiger partial charge in [-0.2, -0.15) is 4.31 Å². The van der Waals surface area contributed by atoms with Crippen molar-refractivity contribution in [1.82, 2.24) is 9.62 Å². The van der Waals surface area contributed by atoms with Crippen molar-refractivity contribution in [3.8, 4) is 0 Å². The third-order valence-electron chi connectivity index (χ3n) is 3.85. The van der Waals surface area contributed by atoms with Gasteiger partial charge in [-0.1, -0.05) is 13.0 Å². The number of hydrogen-bond donors (Lipinski definition) is 1. The molecule has 1 unspecified atom stereocenters. The minimum absolute atomic E-state index is 0. The minimum Gasteiger partial charge on any atom is -0.315 e. The summed E-state index contributed by atoms with van der Waals surface area (Å²) in [7, 11) is -2.20. The van der Waals surface area contributed by atoms with Crippen LogP contribution in [-0.2, 0) is 16.4 Å². The second-order valence-corrected chi connectivity index (χ2v) is 7.04. The topological polar surface area (TPSA) is 92.5 Å². The van der Waals surface area contributed by atoms with Crippen LogP contribution < -0.4 is 5.32 Å². The van der Waals surface area contributed by atoms with Crippen molar-refractivity contribution in [2.45, 2.75) is 30.7 Å². The number of nitrogens with zero attached hydrogens (tertiary/aromatic N) is 2. The van der Waals surface area contributed by atoms with Crippen molar-refractivity contribution in [2.24, 2.45) is 0 Å². The van der Waals surface area contributed by atoms with Crippen LogP contribution >= 0.6 is 12.4 Å². The van der Waals surface area contributed by atoms with Crippen molar-refractivity contribution in [3.05, 3.63) is 33.9 Å². The third kappa shape index (κ3) is 3.57. The number of nitro groups is 1. The number of nitrogens with one attached hydrogen (secondary N) is 1. The van der Waals surface area contributed by atoms with Crippen LogP contribution in [0.15, 0.2) is 23.1 Å². The van der Waals surface area contributed by atoms with E-state index < -0.39 is 14.9 Å². The van der Waals surface area contributed by atoms with Gasteiger partial charge in [-0.25, -0.2) is 8.42 Å². The molecule has 1 aliphatic rings. The van der Waals surface area contributed by atoms with Crippen LogP contribution in [0.2, 0.25) is 0 Å². The lowest BCUT2D eigenvalue weighted by molar-refractivity contribution is -0.385. The van der Waals surface area contributed by atoms with Crippen LogP contribution in [0.1, 0.15) is 18.9 Å². The third-order valence-corrected chi connectivity index (χ3v) is 5.84. The van der Waals surface area contributed by atoms with Gasteiger partial charge >= 0.3 is 0 Å². The van der Waals surface area contributed by atoms with E-state index in [9.17, 15) is 18.5 Å². The van der Waals surface area contributed by atoms with Gasteiger partial charge < -0.3 is 5.32 Å². The van der Waals surface area contributed by atoms with E-state index in [1.807, 2.05) is 6.92 Å². The second kappa shape index (κ2) is 7.36. The summed E-state index contributed by atoms with van der Waals surface area (Å²) >= 11 is 0. The molecule has 1 aromatic carbocycles. The van der Waals surface area contributed by atoms with Gasteiger partial charge in [0.15, 0.2) is 0 Å². The summed E-state index contributed by atoms with van der Waals surface area (Å²) in [6, 6.07) is 3.91. The first-order chi connectivity index (χ1) is 9.87. The maximum Gasteiger partial charge on any atom is 0.270 e. The molecule has 7 nitrogen and oxygen atoms in total. The Hall–Kier alpha value is -1.22. The molecule has 124 valence electrons. The maximum atomic E-state index is 12.7. The Labute approximate surface area is 136 Å². The lowest BCUT2D eigenvalue weighted by Crippen LogP contribution is -2.38. The number of aryl methyl sites for hydroxylation is 1. The van der Waals surface area contributed by atoms with E-state index in [1.165, 1.54) is 23.5 Å². The highest BCUT2D eigenvalue weighted by molar-refractivity contribution is 7.89. The highest BCUT2D eigenvalue weighted by Gasteiger charge is 2.32. The standard InChI is InChI=1S/C13H19N3O4S.ClH/c1-3-10-4-5-11(16(17)18)8-13(10)21(19,20)15(2)12-6-7-14-9-12;/h4-5,8,12,14H,3,6-7,9H2,1-2H3;1H. The molecule has 1 heterocycles. The molecule has 1 fully saturated rings. The molecule has 0 radical (unpaired) electrons. The Morgan fingerprint density at radius 1 is 1.45 bits per heavy atom. The Morgan fingerprint density at radius 2 is 2.14 bits per heavy atom. The Kier molecular flexibility index (Phi) is 6.30. The van der Waals surface area contributed by atoms with E-state index in [4.69, 9.17) is 0 Å². The van der Waals surface area contributed by atoms with Gasteiger partial charge in [0.05, 0.1) is 9.82 Å². The quantitative estimate of drug-likeness (QED) is 0.643. The number of nitro benzene ring substituents is 1. The zero-order valence-corrected chi connectivity index (χ0v) is 14.1. The van der Waals surface area contributed by atoms with Gasteiger partial charge in [-0.15, -0.1) is 12.4 Å². The van der Waals surface area contributed by atoms with Gasteiger partial charge in [-0.3, -0.25) is 10.1 Å². The van der Waals surface area contributed by atoms with Gasteiger partial charge in [0.2, 0.25) is 10.0 Å². The molecule has 1 saturated heterocycles. The van der Waals surface area contributed by atoms with E-state index in [1.54, 1.807) is 0 Å². The maximum absolute atomic E-state index is 12.7. The molecule has 1 N–H and O–H groups in total. The van der Waals surface area contributed by atoms with Crippen molar-refractivity contribution in [3.63, 3.8) is 0 Å². The van der Waals surface area contributed by atoms with Gasteiger partial charge in [0.25, 0.3) is 5.69 Å². The van der Waals surface area contributed by atoms with Crippen LogP contribution in [0.3, 0.4) is 0 Å². The summed E-state index contributed by atoms with van der Waals surface area (Å²) < 4.78 is 26.8. The number of halogens is 1. The molecule has 1 aromatic rings. The van der Waals surface area contributed by atoms with Crippen LogP contribution in [0.4, 0.5) is 5.69 Å². The lowest BCUT2D eigenvalue weighted by atomic mass is 10.1. The van der Waals surface area contributed by atoms with Gasteiger partial charge in [0.1, 0.15) is 0 Å². The summed E-state index contributed by atoms with van der Waals surface area (Å²) in [5.41, 5.74) is 0.391. The summed E-state index contributed by atoms with van der Waals surface area (Å²) in [5.74, 6) is 0. The van der Waals surface area contributed by atoms with Crippen molar-refractivity contribution in [2.75, 3.05) is 20.1 Å². The number of rotatable bonds is 5. The Balaban J connectivity index is 0.00000242. The normalized spacial score (nSPS) is 18.2. The summed E-state index contributed by atoms with van der Waals surface area (Å²) in [4.78, 5) is 10.4. The molecule has 9 heteroatoms. The molecule has 0 bridgehead atoms. The molecule has 1 atom stereocenters. The van der Waals surface area contributed by atoms with E-state index in [-0.39, 0.29) is 29.0 Å². The Morgan fingerprint density at radius 3 is 2.64 bits per heavy atom. The van der Waals surface area contributed by atoms with E-state index >= 15 is 0 Å². The number of non-ortho nitro benzene ring substituents is 1. The van der Waals surface area contributed by atoms with Crippen LogP contribution in [-0.4, -0.2) is 43.8 Å². The summed E-state index contributed by atoms with van der Waals surface area (Å²) in [6.45, 7) is 3.21. The number of sulfonamides is 1. The smallest absolute Gasteiger partial charge is 0.270 e. The molecule has 0 amide bonds. The average molecular weight is 350 g/mol. The second-order valence-electron chi connectivity index (χ2n) is 5.07. The first-order valence-corrected chi connectivity index (χ1v) is 8.28. The Bertz CT molecular complexity index is 645. The summed E-state index contributed by atoms with van der Waals surface area (Å²) in [6.07, 6.45) is 1.25. The minimum atomic E-state index is -3.73. The fraction of sp³-hybridized carbons (Fsp3) is 0.538. The summed E-state index contributed by atoms with van der Waals surface area (Å²) in [5, 5.41) is 14.0. The fourth-order valence-corrected chi connectivity index (χ4v) is 4.19. The van der Waals surface area contributed by atoms with E-state index in [0.717, 1.165) is 19.0 Å². The molecule has 0 aromatic heterocycles. The van der Waals surface area contributed by atoms with E-state index in [0.29, 0.717) is 18.5 Å². The molecular formula is C13H20ClN3O4S.